The minimum Gasteiger partial charge on any atom is -0.462 e. The van der Waals surface area contributed by atoms with Crippen LogP contribution < -0.4 is 5.73 Å². The summed E-state index contributed by atoms with van der Waals surface area (Å²) in [6, 6.07) is 7.79. The maximum atomic E-state index is 12.8. The summed E-state index contributed by atoms with van der Waals surface area (Å²) in [7, 11) is 0. The predicted molar refractivity (Wildman–Crippen MR) is 118 cm³/mol. The number of unbranched alkanes of at least 4 members (excludes halogenated alkanes) is 1. The lowest BCUT2D eigenvalue weighted by molar-refractivity contribution is 0.0503. The smallest absolute Gasteiger partial charge is 0.344 e. The summed E-state index contributed by atoms with van der Waals surface area (Å²) in [5.74, 6) is 0.640. The van der Waals surface area contributed by atoms with Crippen molar-refractivity contribution in [1.82, 2.24) is 14.5 Å². The summed E-state index contributed by atoms with van der Waals surface area (Å²) in [5.41, 5.74) is 9.55. The van der Waals surface area contributed by atoms with Crippen LogP contribution in [0.15, 0.2) is 24.3 Å². The molecule has 2 heterocycles. The van der Waals surface area contributed by atoms with Gasteiger partial charge in [0.2, 0.25) is 0 Å². The Morgan fingerprint density at radius 2 is 1.79 bits per heavy atom. The number of nitrogen functional groups attached to an aromatic ring is 1. The SMILES string of the molecule is CCCCOC(=O)c1c(N)n(C(C)CCCC(C)C)c2nc3ccccc3nc12. The van der Waals surface area contributed by atoms with Crippen LogP contribution in [0.25, 0.3) is 22.2 Å². The Labute approximate surface area is 172 Å². The highest BCUT2D eigenvalue weighted by atomic mass is 16.5. The fraction of sp³-hybridized carbons (Fsp3) is 0.522. The molecule has 0 fully saturated rings. The molecule has 1 aromatic carbocycles. The Hall–Kier alpha value is -2.63. The number of nitrogens with two attached hydrogens (primary N) is 1. The van der Waals surface area contributed by atoms with Gasteiger partial charge in [0.1, 0.15) is 16.9 Å². The first-order valence-electron chi connectivity index (χ1n) is 10.7. The monoisotopic (exact) mass is 396 g/mol. The molecule has 3 aromatic rings. The third kappa shape index (κ3) is 4.52. The molecule has 0 saturated carbocycles. The highest BCUT2D eigenvalue weighted by Crippen LogP contribution is 2.33. The van der Waals surface area contributed by atoms with E-state index in [-0.39, 0.29) is 6.04 Å². The zero-order valence-electron chi connectivity index (χ0n) is 17.9. The Balaban J connectivity index is 2.07. The van der Waals surface area contributed by atoms with Gasteiger partial charge in [0.15, 0.2) is 5.65 Å². The molecule has 29 heavy (non-hydrogen) atoms. The molecule has 0 aliphatic rings. The Morgan fingerprint density at radius 1 is 1.10 bits per heavy atom. The zero-order valence-corrected chi connectivity index (χ0v) is 17.9. The lowest BCUT2D eigenvalue weighted by atomic mass is 10.0. The number of esters is 1. The van der Waals surface area contributed by atoms with Crippen LogP contribution in [0.3, 0.4) is 0 Å². The normalized spacial score (nSPS) is 12.7. The van der Waals surface area contributed by atoms with Crippen LogP contribution in [-0.4, -0.2) is 27.1 Å². The lowest BCUT2D eigenvalue weighted by Gasteiger charge is -2.17. The number of hydrogen-bond acceptors (Lipinski definition) is 5. The first kappa shape index (κ1) is 21.1. The van der Waals surface area contributed by atoms with Gasteiger partial charge < -0.3 is 15.0 Å². The average molecular weight is 397 g/mol. The number of hydrogen-bond donors (Lipinski definition) is 1. The Morgan fingerprint density at radius 3 is 2.45 bits per heavy atom. The number of aromatic nitrogens is 3. The number of ether oxygens (including phenoxy) is 1. The van der Waals surface area contributed by atoms with E-state index in [1.165, 1.54) is 0 Å². The molecule has 0 spiro atoms. The van der Waals surface area contributed by atoms with Gasteiger partial charge in [-0.15, -0.1) is 0 Å². The van der Waals surface area contributed by atoms with Crippen LogP contribution in [0, 0.1) is 5.92 Å². The van der Waals surface area contributed by atoms with Gasteiger partial charge in [0.05, 0.1) is 17.6 Å². The van der Waals surface area contributed by atoms with Crippen molar-refractivity contribution in [3.8, 4) is 0 Å². The average Bonchev–Trinajstić information content (AvgIpc) is 2.96. The van der Waals surface area contributed by atoms with Crippen molar-refractivity contribution in [3.05, 3.63) is 29.8 Å². The van der Waals surface area contributed by atoms with Crippen LogP contribution in [0.4, 0.5) is 5.82 Å². The van der Waals surface area contributed by atoms with E-state index in [0.717, 1.165) is 43.1 Å². The van der Waals surface area contributed by atoms with Crippen molar-refractivity contribution in [2.75, 3.05) is 12.3 Å². The summed E-state index contributed by atoms with van der Waals surface area (Å²) in [6.07, 6.45) is 5.00. The first-order valence-corrected chi connectivity index (χ1v) is 10.7. The van der Waals surface area contributed by atoms with Crippen molar-refractivity contribution in [3.63, 3.8) is 0 Å². The van der Waals surface area contributed by atoms with Gasteiger partial charge in [-0.05, 0) is 37.8 Å². The number of fused-ring (bicyclic) bond motifs is 2. The van der Waals surface area contributed by atoms with Crippen molar-refractivity contribution >= 4 is 34.0 Å². The second-order valence-electron chi connectivity index (χ2n) is 8.18. The van der Waals surface area contributed by atoms with Gasteiger partial charge in [-0.3, -0.25) is 0 Å². The maximum Gasteiger partial charge on any atom is 0.344 e. The van der Waals surface area contributed by atoms with E-state index in [1.54, 1.807) is 0 Å². The number of para-hydroxylation sites is 2. The first-order chi connectivity index (χ1) is 13.9. The van der Waals surface area contributed by atoms with Gasteiger partial charge in [-0.25, -0.2) is 14.8 Å². The molecule has 1 atom stereocenters. The summed E-state index contributed by atoms with van der Waals surface area (Å²) in [5, 5.41) is 0. The third-order valence-corrected chi connectivity index (χ3v) is 5.31. The summed E-state index contributed by atoms with van der Waals surface area (Å²) in [4.78, 5) is 22.4. The van der Waals surface area contributed by atoms with E-state index in [2.05, 4.69) is 27.7 Å². The van der Waals surface area contributed by atoms with Crippen LogP contribution >= 0.6 is 0 Å². The second kappa shape index (κ2) is 9.25. The lowest BCUT2D eigenvalue weighted by Crippen LogP contribution is -2.13. The van der Waals surface area contributed by atoms with E-state index in [1.807, 2.05) is 28.8 Å². The van der Waals surface area contributed by atoms with Gasteiger partial charge >= 0.3 is 5.97 Å². The van der Waals surface area contributed by atoms with Crippen molar-refractivity contribution < 1.29 is 9.53 Å². The molecule has 3 rings (SSSR count). The number of carbonyl (C=O) groups is 1. The molecule has 0 aliphatic heterocycles. The van der Waals surface area contributed by atoms with Crippen LogP contribution in [0.1, 0.15) is 76.2 Å². The van der Waals surface area contributed by atoms with E-state index in [4.69, 9.17) is 20.4 Å². The van der Waals surface area contributed by atoms with Crippen molar-refractivity contribution in [2.24, 2.45) is 5.92 Å². The summed E-state index contributed by atoms with van der Waals surface area (Å²) < 4.78 is 7.44. The van der Waals surface area contributed by atoms with E-state index in [9.17, 15) is 4.79 Å². The van der Waals surface area contributed by atoms with E-state index in [0.29, 0.717) is 35.1 Å². The number of rotatable bonds is 9. The molecule has 2 N–H and O–H groups in total. The zero-order chi connectivity index (χ0) is 21.0. The molecule has 2 aromatic heterocycles. The third-order valence-electron chi connectivity index (χ3n) is 5.31. The van der Waals surface area contributed by atoms with Crippen molar-refractivity contribution in [2.45, 2.75) is 65.8 Å². The van der Waals surface area contributed by atoms with Crippen molar-refractivity contribution in [1.29, 1.82) is 0 Å². The Kier molecular flexibility index (Phi) is 6.72. The van der Waals surface area contributed by atoms with Crippen LogP contribution in [0.2, 0.25) is 0 Å². The minimum absolute atomic E-state index is 0.115. The number of benzene rings is 1. The quantitative estimate of drug-likeness (QED) is 0.381. The van der Waals surface area contributed by atoms with Gasteiger partial charge in [-0.2, -0.15) is 0 Å². The van der Waals surface area contributed by atoms with Gasteiger partial charge in [0.25, 0.3) is 0 Å². The second-order valence-corrected chi connectivity index (χ2v) is 8.18. The van der Waals surface area contributed by atoms with Gasteiger partial charge in [0, 0.05) is 6.04 Å². The standard InChI is InChI=1S/C23H32N4O2/c1-5-6-14-29-23(28)19-20-22(26-18-13-8-7-12-17(18)25-20)27(21(19)24)16(4)11-9-10-15(2)3/h7-8,12-13,15-16H,5-6,9-11,14,24H2,1-4H3. The molecule has 6 nitrogen and oxygen atoms in total. The molecule has 0 amide bonds. The van der Waals surface area contributed by atoms with E-state index >= 15 is 0 Å². The molecule has 1 unspecified atom stereocenters. The molecule has 0 aliphatic carbocycles. The summed E-state index contributed by atoms with van der Waals surface area (Å²) >= 11 is 0. The molecule has 6 heteroatoms. The number of anilines is 1. The summed E-state index contributed by atoms with van der Waals surface area (Å²) in [6.45, 7) is 9.02. The molecular weight excluding hydrogens is 364 g/mol. The molecule has 0 bridgehead atoms. The molecular formula is C23H32N4O2. The highest BCUT2D eigenvalue weighted by Gasteiger charge is 2.27. The number of nitrogens with zero attached hydrogens (tertiary/aromatic N) is 3. The minimum atomic E-state index is -0.418. The highest BCUT2D eigenvalue weighted by molar-refractivity contribution is 6.08. The predicted octanol–water partition coefficient (Wildman–Crippen LogP) is 5.51. The fourth-order valence-electron chi connectivity index (χ4n) is 3.66. The number of carbonyl (C=O) groups excluding carboxylic acids is 1. The maximum absolute atomic E-state index is 12.8. The van der Waals surface area contributed by atoms with Gasteiger partial charge in [-0.1, -0.05) is 52.2 Å². The molecule has 0 radical (unpaired) electrons. The molecule has 156 valence electrons. The molecule has 0 saturated heterocycles. The Bertz CT molecular complexity index is 993. The van der Waals surface area contributed by atoms with Crippen LogP contribution in [0.5, 0.6) is 0 Å². The van der Waals surface area contributed by atoms with Crippen LogP contribution in [-0.2, 0) is 4.74 Å². The topological polar surface area (TPSA) is 83.0 Å². The largest absolute Gasteiger partial charge is 0.462 e. The van der Waals surface area contributed by atoms with E-state index < -0.39 is 5.97 Å². The fourth-order valence-corrected chi connectivity index (χ4v) is 3.66.